The molecular formula is C30H18O6. The number of furan rings is 1. The van der Waals surface area contributed by atoms with E-state index in [9.17, 15) is 15.0 Å². The van der Waals surface area contributed by atoms with Gasteiger partial charge in [-0.15, -0.1) is 0 Å². The molecule has 0 radical (unpaired) electrons. The van der Waals surface area contributed by atoms with Crippen molar-refractivity contribution >= 4 is 28.1 Å². The first-order chi connectivity index (χ1) is 17.5. The van der Waals surface area contributed by atoms with Crippen molar-refractivity contribution in [2.24, 2.45) is 0 Å². The Labute approximate surface area is 205 Å². The maximum atomic E-state index is 13.7. The van der Waals surface area contributed by atoms with Gasteiger partial charge >= 0.3 is 11.8 Å². The second kappa shape index (κ2) is 7.26. The smallest absolute Gasteiger partial charge is 0.343 e. The summed E-state index contributed by atoms with van der Waals surface area (Å²) in [5.41, 5.74) is 3.88. The van der Waals surface area contributed by atoms with E-state index in [-0.39, 0.29) is 11.5 Å². The van der Waals surface area contributed by atoms with Crippen molar-refractivity contribution in [2.75, 3.05) is 0 Å². The molecule has 0 saturated carbocycles. The van der Waals surface area contributed by atoms with Gasteiger partial charge in [0.1, 0.15) is 22.8 Å². The number of rotatable bonds is 2. The number of aromatic hydroxyl groups is 2. The van der Waals surface area contributed by atoms with Crippen LogP contribution < -0.4 is 4.74 Å². The molecule has 7 rings (SSSR count). The predicted molar refractivity (Wildman–Crippen MR) is 133 cm³/mol. The molecule has 1 spiro atoms. The van der Waals surface area contributed by atoms with E-state index in [1.54, 1.807) is 24.3 Å². The topological polar surface area (TPSA) is 89.1 Å². The molecule has 0 aliphatic carbocycles. The maximum absolute atomic E-state index is 13.7. The third-order valence-corrected chi connectivity index (χ3v) is 6.61. The summed E-state index contributed by atoms with van der Waals surface area (Å²) in [7, 11) is 0. The van der Waals surface area contributed by atoms with Crippen LogP contribution in [0.2, 0.25) is 0 Å². The van der Waals surface area contributed by atoms with Gasteiger partial charge in [-0.3, -0.25) is 0 Å². The zero-order valence-electron chi connectivity index (χ0n) is 18.8. The van der Waals surface area contributed by atoms with Crippen molar-refractivity contribution in [3.8, 4) is 28.6 Å². The number of fused-ring (bicyclic) bond motifs is 6. The van der Waals surface area contributed by atoms with Gasteiger partial charge in [0.2, 0.25) is 0 Å². The number of ether oxygens (including phenoxy) is 2. The molecule has 4 aromatic carbocycles. The summed E-state index contributed by atoms with van der Waals surface area (Å²) in [6, 6.07) is 28.3. The molecule has 6 heteroatoms. The number of hydrogen-bond donors (Lipinski definition) is 2. The second-order valence-electron chi connectivity index (χ2n) is 8.76. The normalized spacial score (nSPS) is 18.2. The van der Waals surface area contributed by atoms with Crippen LogP contribution in [0.25, 0.3) is 33.4 Å². The lowest BCUT2D eigenvalue weighted by molar-refractivity contribution is -0.170. The number of phenolic OH excluding ortho intramolecular Hbond substituents is 2. The highest BCUT2D eigenvalue weighted by Gasteiger charge is 2.57. The average Bonchev–Trinajstić information content (AvgIpc) is 3.40. The highest BCUT2D eigenvalue weighted by atomic mass is 16.7. The van der Waals surface area contributed by atoms with Crippen molar-refractivity contribution in [1.82, 2.24) is 0 Å². The number of phenols is 2. The minimum Gasteiger partial charge on any atom is -0.508 e. The SMILES string of the molecule is O=C1OC2(Oc3cc(O)ccc3-c3oc4cc(O)ccc4c32)C(c2ccccc2)=C1c1ccccc1. The summed E-state index contributed by atoms with van der Waals surface area (Å²) >= 11 is 0. The lowest BCUT2D eigenvalue weighted by Gasteiger charge is -2.35. The molecule has 6 nitrogen and oxygen atoms in total. The van der Waals surface area contributed by atoms with Crippen molar-refractivity contribution in [1.29, 1.82) is 0 Å². The third kappa shape index (κ3) is 2.75. The standard InChI is InChI=1S/C30H18O6/c31-19-11-13-21-23(15-19)34-28-22-14-12-20(32)16-24(22)35-30(27(21)28)26(18-9-5-2-6-10-18)25(29(33)36-30)17-7-3-1-4-8-17/h1-16,31-32H. The lowest BCUT2D eigenvalue weighted by Crippen LogP contribution is -2.37. The van der Waals surface area contributed by atoms with E-state index in [0.29, 0.717) is 50.3 Å². The molecule has 5 aromatic rings. The Hall–Kier alpha value is -4.97. The predicted octanol–water partition coefficient (Wildman–Crippen LogP) is 6.22. The summed E-state index contributed by atoms with van der Waals surface area (Å²) < 4.78 is 19.0. The van der Waals surface area contributed by atoms with Crippen LogP contribution in [0.5, 0.6) is 17.2 Å². The number of carbonyl (C=O) groups excluding carboxylic acids is 1. The molecule has 2 N–H and O–H groups in total. The Bertz CT molecular complexity index is 1720. The molecule has 0 amide bonds. The van der Waals surface area contributed by atoms with Gasteiger partial charge < -0.3 is 24.1 Å². The van der Waals surface area contributed by atoms with Gasteiger partial charge in [-0.25, -0.2) is 4.79 Å². The monoisotopic (exact) mass is 474 g/mol. The molecule has 0 fully saturated rings. The lowest BCUT2D eigenvalue weighted by atomic mass is 9.84. The molecule has 0 saturated heterocycles. The van der Waals surface area contributed by atoms with Gasteiger partial charge in [0, 0.05) is 17.5 Å². The van der Waals surface area contributed by atoms with E-state index in [1.807, 2.05) is 60.7 Å². The molecule has 2 aliphatic heterocycles. The van der Waals surface area contributed by atoms with Gasteiger partial charge in [0.15, 0.2) is 5.76 Å². The Morgan fingerprint density at radius 1 is 0.694 bits per heavy atom. The van der Waals surface area contributed by atoms with Crippen LogP contribution in [-0.2, 0) is 15.3 Å². The number of esters is 1. The van der Waals surface area contributed by atoms with E-state index in [0.717, 1.165) is 5.56 Å². The van der Waals surface area contributed by atoms with E-state index >= 15 is 0 Å². The molecule has 174 valence electrons. The molecule has 1 unspecified atom stereocenters. The van der Waals surface area contributed by atoms with Gasteiger partial charge in [0.25, 0.3) is 0 Å². The van der Waals surface area contributed by atoms with Crippen LogP contribution in [0.4, 0.5) is 0 Å². The molecule has 2 aliphatic rings. The molecule has 0 bridgehead atoms. The van der Waals surface area contributed by atoms with Crippen molar-refractivity contribution in [3.05, 3.63) is 114 Å². The van der Waals surface area contributed by atoms with Crippen molar-refractivity contribution in [2.45, 2.75) is 5.79 Å². The first-order valence-electron chi connectivity index (χ1n) is 11.4. The van der Waals surface area contributed by atoms with E-state index in [1.165, 1.54) is 12.1 Å². The Morgan fingerprint density at radius 3 is 2.11 bits per heavy atom. The molecule has 1 aromatic heterocycles. The second-order valence-corrected chi connectivity index (χ2v) is 8.76. The Morgan fingerprint density at radius 2 is 1.36 bits per heavy atom. The van der Waals surface area contributed by atoms with Crippen LogP contribution in [0.15, 0.2) is 101 Å². The fourth-order valence-electron chi connectivity index (χ4n) is 5.14. The molecule has 1 atom stereocenters. The van der Waals surface area contributed by atoms with E-state index in [2.05, 4.69) is 0 Å². The minimum atomic E-state index is -1.69. The van der Waals surface area contributed by atoms with Gasteiger partial charge in [-0.1, -0.05) is 60.7 Å². The van der Waals surface area contributed by atoms with Crippen LogP contribution >= 0.6 is 0 Å². The summed E-state index contributed by atoms with van der Waals surface area (Å²) in [6.07, 6.45) is 0. The van der Waals surface area contributed by atoms with E-state index in [4.69, 9.17) is 13.9 Å². The van der Waals surface area contributed by atoms with Crippen LogP contribution in [0.3, 0.4) is 0 Å². The minimum absolute atomic E-state index is 0.000970. The van der Waals surface area contributed by atoms with Gasteiger partial charge in [0.05, 0.1) is 22.3 Å². The fourth-order valence-corrected chi connectivity index (χ4v) is 5.14. The number of carbonyl (C=O) groups is 1. The fraction of sp³-hybridized carbons (Fsp3) is 0.0333. The summed E-state index contributed by atoms with van der Waals surface area (Å²) in [4.78, 5) is 13.7. The first-order valence-corrected chi connectivity index (χ1v) is 11.4. The largest absolute Gasteiger partial charge is 0.508 e. The molecule has 36 heavy (non-hydrogen) atoms. The number of benzene rings is 4. The third-order valence-electron chi connectivity index (χ3n) is 6.61. The van der Waals surface area contributed by atoms with Crippen molar-refractivity contribution in [3.63, 3.8) is 0 Å². The highest BCUT2D eigenvalue weighted by Crippen LogP contribution is 2.59. The quantitative estimate of drug-likeness (QED) is 0.295. The highest BCUT2D eigenvalue weighted by molar-refractivity contribution is 6.29. The zero-order valence-corrected chi connectivity index (χ0v) is 18.8. The van der Waals surface area contributed by atoms with E-state index < -0.39 is 11.8 Å². The first kappa shape index (κ1) is 20.4. The number of hydrogen-bond acceptors (Lipinski definition) is 6. The summed E-state index contributed by atoms with van der Waals surface area (Å²) in [5.74, 6) is -1.45. The zero-order chi connectivity index (χ0) is 24.4. The van der Waals surface area contributed by atoms with Crippen LogP contribution in [0, 0.1) is 0 Å². The Balaban J connectivity index is 1.63. The van der Waals surface area contributed by atoms with Gasteiger partial charge in [-0.05, 0) is 35.4 Å². The van der Waals surface area contributed by atoms with Gasteiger partial charge in [-0.2, -0.15) is 0 Å². The summed E-state index contributed by atoms with van der Waals surface area (Å²) in [6.45, 7) is 0. The molecular weight excluding hydrogens is 456 g/mol. The van der Waals surface area contributed by atoms with Crippen LogP contribution in [-0.4, -0.2) is 16.2 Å². The average molecular weight is 474 g/mol. The summed E-state index contributed by atoms with van der Waals surface area (Å²) in [5, 5.41) is 21.0. The van der Waals surface area contributed by atoms with Crippen molar-refractivity contribution < 1.29 is 28.9 Å². The maximum Gasteiger partial charge on any atom is 0.343 e. The Kier molecular flexibility index (Phi) is 4.12. The molecule has 3 heterocycles. The van der Waals surface area contributed by atoms with Crippen LogP contribution in [0.1, 0.15) is 16.7 Å².